The number of alkyl halides is 6. The molecule has 0 unspecified atom stereocenters. The molecule has 0 radical (unpaired) electrons. The zero-order valence-electron chi connectivity index (χ0n) is 8.81. The van der Waals surface area contributed by atoms with E-state index >= 15 is 0 Å². The van der Waals surface area contributed by atoms with Gasteiger partial charge in [-0.15, -0.1) is 0 Å². The van der Waals surface area contributed by atoms with Crippen molar-refractivity contribution < 1.29 is 31.1 Å². The van der Waals surface area contributed by atoms with Gasteiger partial charge in [0.05, 0.1) is 16.7 Å². The number of rotatable bonds is 2. The average molecular weight is 304 g/mol. The minimum Gasteiger partial charge on any atom is -0.470 e. The van der Waals surface area contributed by atoms with Crippen molar-refractivity contribution in [3.05, 3.63) is 28.8 Å². The Labute approximate surface area is 108 Å². The fourth-order valence-electron chi connectivity index (χ4n) is 1.11. The highest BCUT2D eigenvalue weighted by molar-refractivity contribution is 6.32. The molecule has 19 heavy (non-hydrogen) atoms. The van der Waals surface area contributed by atoms with Gasteiger partial charge in [-0.05, 0) is 18.2 Å². The van der Waals surface area contributed by atoms with Crippen molar-refractivity contribution in [2.75, 3.05) is 0 Å². The van der Waals surface area contributed by atoms with E-state index in [0.717, 1.165) is 18.2 Å². The van der Waals surface area contributed by atoms with Gasteiger partial charge in [-0.1, -0.05) is 11.6 Å². The molecule has 0 saturated carbocycles. The van der Waals surface area contributed by atoms with Crippen LogP contribution in [0.1, 0.15) is 5.56 Å². The predicted octanol–water partition coefficient (Wildman–Crippen LogP) is 4.08. The third kappa shape index (κ3) is 3.92. The van der Waals surface area contributed by atoms with Crippen LogP contribution >= 0.6 is 11.6 Å². The molecule has 0 spiro atoms. The molecule has 0 aliphatic heterocycles. The van der Waals surface area contributed by atoms with Gasteiger partial charge in [-0.25, -0.2) is 0 Å². The number of benzene rings is 1. The highest BCUT2D eigenvalue weighted by Gasteiger charge is 2.59. The molecule has 104 valence electrons. The summed E-state index contributed by atoms with van der Waals surface area (Å²) >= 11 is 5.44. The third-order valence-corrected chi connectivity index (χ3v) is 2.20. The van der Waals surface area contributed by atoms with Gasteiger partial charge in [-0.2, -0.15) is 31.6 Å². The lowest BCUT2D eigenvalue weighted by atomic mass is 10.2. The molecular formula is C10H4ClF6NO. The highest BCUT2D eigenvalue weighted by atomic mass is 35.5. The Hall–Kier alpha value is -1.62. The number of hydrogen-bond acceptors (Lipinski definition) is 2. The molecule has 9 heteroatoms. The first kappa shape index (κ1) is 15.4. The predicted molar refractivity (Wildman–Crippen MR) is 52.7 cm³/mol. The summed E-state index contributed by atoms with van der Waals surface area (Å²) in [7, 11) is 0. The Morgan fingerprint density at radius 3 is 2.00 bits per heavy atom. The topological polar surface area (TPSA) is 33.0 Å². The summed E-state index contributed by atoms with van der Waals surface area (Å²) in [5, 5.41) is 7.97. The van der Waals surface area contributed by atoms with Crippen LogP contribution in [0.4, 0.5) is 26.3 Å². The van der Waals surface area contributed by atoms with Gasteiger partial charge in [0.1, 0.15) is 5.75 Å². The molecule has 0 aromatic heterocycles. The lowest BCUT2D eigenvalue weighted by Gasteiger charge is -2.24. The van der Waals surface area contributed by atoms with E-state index in [1.807, 2.05) is 0 Å². The van der Waals surface area contributed by atoms with Crippen LogP contribution in [0.5, 0.6) is 5.75 Å². The molecule has 0 amide bonds. The van der Waals surface area contributed by atoms with Crippen LogP contribution in [0, 0.1) is 11.3 Å². The second-order valence-electron chi connectivity index (χ2n) is 3.34. The Kier molecular flexibility index (Phi) is 4.20. The summed E-state index contributed by atoms with van der Waals surface area (Å²) in [6.45, 7) is 0. The van der Waals surface area contributed by atoms with E-state index in [9.17, 15) is 26.3 Å². The molecule has 0 aliphatic rings. The van der Waals surface area contributed by atoms with E-state index in [1.54, 1.807) is 6.07 Å². The maximum absolute atomic E-state index is 12.2. The Balaban J connectivity index is 3.09. The van der Waals surface area contributed by atoms with E-state index in [2.05, 4.69) is 4.74 Å². The number of hydrogen-bond donors (Lipinski definition) is 0. The van der Waals surface area contributed by atoms with Crippen molar-refractivity contribution in [1.82, 2.24) is 0 Å². The molecule has 0 atom stereocenters. The first-order valence-corrected chi connectivity index (χ1v) is 4.93. The van der Waals surface area contributed by atoms with Gasteiger partial charge >= 0.3 is 12.4 Å². The molecule has 1 aromatic rings. The van der Waals surface area contributed by atoms with Crippen molar-refractivity contribution in [3.8, 4) is 11.8 Å². The maximum atomic E-state index is 12.2. The highest BCUT2D eigenvalue weighted by Crippen LogP contribution is 2.38. The number of nitriles is 1. The minimum absolute atomic E-state index is 0.0204. The first-order valence-electron chi connectivity index (χ1n) is 4.55. The molecule has 0 N–H and O–H groups in total. The quantitative estimate of drug-likeness (QED) is 0.771. The van der Waals surface area contributed by atoms with Crippen LogP contribution in [-0.2, 0) is 0 Å². The molecule has 2 nitrogen and oxygen atoms in total. The van der Waals surface area contributed by atoms with Gasteiger partial charge in [0.15, 0.2) is 0 Å². The number of ether oxygens (including phenoxy) is 1. The SMILES string of the molecule is N#Cc1ccc(OC(C(F)(F)F)C(F)(F)F)c(Cl)c1. The molecule has 0 saturated heterocycles. The summed E-state index contributed by atoms with van der Waals surface area (Å²) in [5.41, 5.74) is -0.0204. The lowest BCUT2D eigenvalue weighted by molar-refractivity contribution is -0.299. The Bertz CT molecular complexity index is 490. The molecule has 0 heterocycles. The monoisotopic (exact) mass is 303 g/mol. The van der Waals surface area contributed by atoms with Gasteiger partial charge in [-0.3, -0.25) is 0 Å². The molecule has 0 aliphatic carbocycles. The lowest BCUT2D eigenvalue weighted by Crippen LogP contribution is -2.46. The zero-order chi connectivity index (χ0) is 14.8. The van der Waals surface area contributed by atoms with E-state index in [0.29, 0.717) is 0 Å². The second-order valence-corrected chi connectivity index (χ2v) is 3.75. The van der Waals surface area contributed by atoms with Crippen LogP contribution in [0.15, 0.2) is 18.2 Å². The molecule has 1 rings (SSSR count). The molecule has 0 fully saturated rings. The van der Waals surface area contributed by atoms with Crippen molar-refractivity contribution in [2.45, 2.75) is 18.5 Å². The number of nitrogens with zero attached hydrogens (tertiary/aromatic N) is 1. The van der Waals surface area contributed by atoms with Crippen LogP contribution in [0.25, 0.3) is 0 Å². The second kappa shape index (κ2) is 5.17. The minimum atomic E-state index is -5.63. The van der Waals surface area contributed by atoms with Crippen molar-refractivity contribution >= 4 is 11.6 Å². The zero-order valence-corrected chi connectivity index (χ0v) is 9.57. The summed E-state index contributed by atoms with van der Waals surface area (Å²) in [6.07, 6.45) is -15.2. The fourth-order valence-corrected chi connectivity index (χ4v) is 1.34. The molecule has 1 aromatic carbocycles. The first-order chi connectivity index (χ1) is 8.55. The largest absolute Gasteiger partial charge is 0.470 e. The van der Waals surface area contributed by atoms with Gasteiger partial charge in [0.2, 0.25) is 0 Å². The third-order valence-electron chi connectivity index (χ3n) is 1.90. The van der Waals surface area contributed by atoms with Gasteiger partial charge < -0.3 is 4.74 Å². The molecule has 0 bridgehead atoms. The van der Waals surface area contributed by atoms with E-state index in [4.69, 9.17) is 16.9 Å². The van der Waals surface area contributed by atoms with Gasteiger partial charge in [0, 0.05) is 0 Å². The van der Waals surface area contributed by atoms with Crippen LogP contribution < -0.4 is 4.74 Å². The van der Waals surface area contributed by atoms with Crippen molar-refractivity contribution in [2.24, 2.45) is 0 Å². The molecular weight excluding hydrogens is 300 g/mol. The summed E-state index contributed by atoms with van der Waals surface area (Å²) < 4.78 is 77.3. The summed E-state index contributed by atoms with van der Waals surface area (Å²) in [5.74, 6) is -0.805. The Morgan fingerprint density at radius 1 is 1.11 bits per heavy atom. The standard InChI is InChI=1S/C10H4ClF6NO/c11-6-3-5(4-18)1-2-7(6)19-8(9(12,13)14)10(15,16)17/h1-3,8H. The van der Waals surface area contributed by atoms with E-state index < -0.39 is 29.2 Å². The van der Waals surface area contributed by atoms with Crippen molar-refractivity contribution in [3.63, 3.8) is 0 Å². The van der Waals surface area contributed by atoms with E-state index in [1.165, 1.54) is 0 Å². The normalized spacial score (nSPS) is 12.4. The average Bonchev–Trinajstić information content (AvgIpc) is 2.23. The van der Waals surface area contributed by atoms with Crippen LogP contribution in [0.2, 0.25) is 5.02 Å². The Morgan fingerprint density at radius 2 is 1.63 bits per heavy atom. The van der Waals surface area contributed by atoms with E-state index in [-0.39, 0.29) is 5.56 Å². The fraction of sp³-hybridized carbons (Fsp3) is 0.300. The maximum Gasteiger partial charge on any atom is 0.434 e. The van der Waals surface area contributed by atoms with Gasteiger partial charge in [0.25, 0.3) is 6.10 Å². The van der Waals surface area contributed by atoms with Crippen LogP contribution in [0.3, 0.4) is 0 Å². The smallest absolute Gasteiger partial charge is 0.434 e. The van der Waals surface area contributed by atoms with Crippen molar-refractivity contribution in [1.29, 1.82) is 5.26 Å². The summed E-state index contributed by atoms with van der Waals surface area (Å²) in [6, 6.07) is 4.29. The number of halogens is 7. The summed E-state index contributed by atoms with van der Waals surface area (Å²) in [4.78, 5) is 0. The van der Waals surface area contributed by atoms with Crippen LogP contribution in [-0.4, -0.2) is 18.5 Å².